The highest BCUT2D eigenvalue weighted by atomic mass is 16.5. The van der Waals surface area contributed by atoms with Gasteiger partial charge in [0.25, 0.3) is 11.8 Å². The lowest BCUT2D eigenvalue weighted by molar-refractivity contribution is -0.135. The molecule has 0 heterocycles. The van der Waals surface area contributed by atoms with Crippen LogP contribution in [-0.2, 0) is 14.3 Å². The molecule has 0 radical (unpaired) electrons. The predicted octanol–water partition coefficient (Wildman–Crippen LogP) is 1.89. The molecule has 0 aliphatic heterocycles. The molecule has 0 bridgehead atoms. The van der Waals surface area contributed by atoms with Crippen molar-refractivity contribution < 1.29 is 24.2 Å². The van der Waals surface area contributed by atoms with Crippen LogP contribution in [-0.4, -0.2) is 42.1 Å². The predicted molar refractivity (Wildman–Crippen MR) is 89.9 cm³/mol. The third-order valence-corrected chi connectivity index (χ3v) is 3.25. The van der Waals surface area contributed by atoms with E-state index in [4.69, 9.17) is 9.84 Å². The van der Waals surface area contributed by atoms with E-state index in [0.717, 1.165) is 6.42 Å². The van der Waals surface area contributed by atoms with Gasteiger partial charge in [0.1, 0.15) is 12.6 Å². The van der Waals surface area contributed by atoms with Crippen molar-refractivity contribution >= 4 is 23.5 Å². The summed E-state index contributed by atoms with van der Waals surface area (Å²) >= 11 is 0. The van der Waals surface area contributed by atoms with Gasteiger partial charge in [-0.2, -0.15) is 0 Å². The van der Waals surface area contributed by atoms with E-state index >= 15 is 0 Å². The largest absolute Gasteiger partial charge is 0.480 e. The lowest BCUT2D eigenvalue weighted by Crippen LogP contribution is -2.29. The molecule has 0 fully saturated rings. The van der Waals surface area contributed by atoms with Gasteiger partial charge < -0.3 is 20.5 Å². The first kappa shape index (κ1) is 19.6. The maximum Gasteiger partial charge on any atom is 0.322 e. The number of nitrogens with one attached hydrogen (secondary N) is 2. The van der Waals surface area contributed by atoms with Crippen molar-refractivity contribution in [1.82, 2.24) is 5.32 Å². The maximum atomic E-state index is 12.0. The third-order valence-electron chi connectivity index (χ3n) is 3.25. The second-order valence-electron chi connectivity index (χ2n) is 5.84. The number of hydrogen-bond acceptors (Lipinski definition) is 4. The van der Waals surface area contributed by atoms with Crippen LogP contribution in [0.25, 0.3) is 0 Å². The van der Waals surface area contributed by atoms with Gasteiger partial charge in [-0.15, -0.1) is 0 Å². The molecule has 0 aliphatic carbocycles. The smallest absolute Gasteiger partial charge is 0.322 e. The van der Waals surface area contributed by atoms with E-state index in [1.54, 1.807) is 19.1 Å². The van der Waals surface area contributed by atoms with Crippen molar-refractivity contribution in [2.24, 2.45) is 5.92 Å². The molecule has 0 saturated heterocycles. The van der Waals surface area contributed by atoms with Gasteiger partial charge in [-0.1, -0.05) is 13.8 Å². The number of rotatable bonds is 9. The van der Waals surface area contributed by atoms with Crippen molar-refractivity contribution in [3.63, 3.8) is 0 Å². The van der Waals surface area contributed by atoms with Crippen LogP contribution in [0.15, 0.2) is 24.3 Å². The fourth-order valence-electron chi connectivity index (χ4n) is 1.76. The number of carbonyl (C=O) groups is 3. The van der Waals surface area contributed by atoms with Crippen molar-refractivity contribution in [2.75, 3.05) is 18.5 Å². The Labute approximate surface area is 141 Å². The second-order valence-corrected chi connectivity index (χ2v) is 5.84. The molecular formula is C17H24N2O5. The molecule has 24 heavy (non-hydrogen) atoms. The highest BCUT2D eigenvalue weighted by Crippen LogP contribution is 2.11. The lowest BCUT2D eigenvalue weighted by Gasteiger charge is -2.14. The molecule has 0 aliphatic rings. The highest BCUT2D eigenvalue weighted by molar-refractivity contribution is 5.97. The minimum atomic E-state index is -1.11. The SMILES string of the molecule is CC(C)CCOC(C)C(=O)Nc1ccc(C(=O)NCC(=O)O)cc1. The fourth-order valence-corrected chi connectivity index (χ4v) is 1.76. The van der Waals surface area contributed by atoms with Gasteiger partial charge in [-0.05, 0) is 43.5 Å². The van der Waals surface area contributed by atoms with Crippen LogP contribution < -0.4 is 10.6 Å². The fraction of sp³-hybridized carbons (Fsp3) is 0.471. The number of carboxylic acid groups (broad SMARTS) is 1. The van der Waals surface area contributed by atoms with E-state index in [0.29, 0.717) is 23.8 Å². The Morgan fingerprint density at radius 3 is 2.29 bits per heavy atom. The highest BCUT2D eigenvalue weighted by Gasteiger charge is 2.14. The van der Waals surface area contributed by atoms with Crippen LogP contribution in [0.4, 0.5) is 5.69 Å². The molecule has 1 unspecified atom stereocenters. The Morgan fingerprint density at radius 2 is 1.75 bits per heavy atom. The summed E-state index contributed by atoms with van der Waals surface area (Å²) in [5, 5.41) is 13.5. The summed E-state index contributed by atoms with van der Waals surface area (Å²) in [6, 6.07) is 6.18. The number of hydrogen-bond donors (Lipinski definition) is 3. The lowest BCUT2D eigenvalue weighted by atomic mass is 10.1. The molecule has 7 nitrogen and oxygen atoms in total. The normalized spacial score (nSPS) is 11.8. The summed E-state index contributed by atoms with van der Waals surface area (Å²) in [5.41, 5.74) is 0.851. The molecule has 1 aromatic carbocycles. The number of carboxylic acids is 1. The van der Waals surface area contributed by atoms with E-state index in [-0.39, 0.29) is 5.91 Å². The topological polar surface area (TPSA) is 105 Å². The summed E-state index contributed by atoms with van der Waals surface area (Å²) in [7, 11) is 0. The summed E-state index contributed by atoms with van der Waals surface area (Å²) in [4.78, 5) is 34.1. The van der Waals surface area contributed by atoms with Crippen LogP contribution >= 0.6 is 0 Å². The average molecular weight is 336 g/mol. The number of aliphatic carboxylic acids is 1. The molecule has 1 aromatic rings. The molecule has 0 saturated carbocycles. The zero-order chi connectivity index (χ0) is 18.1. The molecule has 1 atom stereocenters. The zero-order valence-electron chi connectivity index (χ0n) is 14.2. The van der Waals surface area contributed by atoms with Crippen molar-refractivity contribution in [1.29, 1.82) is 0 Å². The Morgan fingerprint density at radius 1 is 1.12 bits per heavy atom. The number of carbonyl (C=O) groups excluding carboxylic acids is 2. The van der Waals surface area contributed by atoms with Crippen molar-refractivity contribution in [2.45, 2.75) is 33.3 Å². The summed E-state index contributed by atoms with van der Waals surface area (Å²) in [6.07, 6.45) is 0.319. The van der Waals surface area contributed by atoms with Crippen LogP contribution in [0.3, 0.4) is 0 Å². The van der Waals surface area contributed by atoms with E-state index in [1.807, 2.05) is 0 Å². The molecule has 0 spiro atoms. The Balaban J connectivity index is 2.49. The Kier molecular flexibility index (Phi) is 7.91. The monoisotopic (exact) mass is 336 g/mol. The summed E-state index contributed by atoms with van der Waals surface area (Å²) in [5.74, 6) is -1.35. The standard InChI is InChI=1S/C17H24N2O5/c1-11(2)8-9-24-12(3)16(22)19-14-6-4-13(5-7-14)17(23)18-10-15(20)21/h4-7,11-12H,8-10H2,1-3H3,(H,18,23)(H,19,22)(H,20,21). The number of benzene rings is 1. The van der Waals surface area contributed by atoms with Crippen molar-refractivity contribution in [3.05, 3.63) is 29.8 Å². The van der Waals surface area contributed by atoms with Crippen molar-refractivity contribution in [3.8, 4) is 0 Å². The molecule has 1 rings (SSSR count). The van der Waals surface area contributed by atoms with E-state index < -0.39 is 24.5 Å². The first-order chi connectivity index (χ1) is 11.3. The van der Waals surface area contributed by atoms with Crippen LogP contribution in [0, 0.1) is 5.92 Å². The molecular weight excluding hydrogens is 312 g/mol. The first-order valence-corrected chi connectivity index (χ1v) is 7.82. The zero-order valence-corrected chi connectivity index (χ0v) is 14.2. The van der Waals surface area contributed by atoms with Gasteiger partial charge in [0, 0.05) is 17.9 Å². The number of amides is 2. The van der Waals surface area contributed by atoms with Crippen LogP contribution in [0.5, 0.6) is 0 Å². The van der Waals surface area contributed by atoms with Crippen LogP contribution in [0.1, 0.15) is 37.6 Å². The molecule has 7 heteroatoms. The summed E-state index contributed by atoms with van der Waals surface area (Å²) in [6.45, 7) is 5.94. The molecule has 2 amide bonds. The van der Waals surface area contributed by atoms with Gasteiger partial charge in [0.2, 0.25) is 0 Å². The summed E-state index contributed by atoms with van der Waals surface area (Å²) < 4.78 is 5.47. The average Bonchev–Trinajstić information content (AvgIpc) is 2.52. The first-order valence-electron chi connectivity index (χ1n) is 7.82. The number of ether oxygens (including phenoxy) is 1. The molecule has 0 aromatic heterocycles. The van der Waals surface area contributed by atoms with Gasteiger partial charge in [-0.3, -0.25) is 14.4 Å². The van der Waals surface area contributed by atoms with Crippen LogP contribution in [0.2, 0.25) is 0 Å². The minimum Gasteiger partial charge on any atom is -0.480 e. The van der Waals surface area contributed by atoms with Gasteiger partial charge >= 0.3 is 5.97 Å². The minimum absolute atomic E-state index is 0.262. The van der Waals surface area contributed by atoms with Gasteiger partial charge in [-0.25, -0.2) is 0 Å². The number of anilines is 1. The van der Waals surface area contributed by atoms with Gasteiger partial charge in [0.05, 0.1) is 0 Å². The Bertz CT molecular complexity index is 569. The quantitative estimate of drug-likeness (QED) is 0.639. The Hall–Kier alpha value is -2.41. The van der Waals surface area contributed by atoms with Gasteiger partial charge in [0.15, 0.2) is 0 Å². The van der Waals surface area contributed by atoms with E-state index in [2.05, 4.69) is 24.5 Å². The maximum absolute atomic E-state index is 12.0. The second kappa shape index (κ2) is 9.67. The van der Waals surface area contributed by atoms with E-state index in [1.165, 1.54) is 12.1 Å². The molecule has 3 N–H and O–H groups in total. The third kappa shape index (κ3) is 7.23. The van der Waals surface area contributed by atoms with E-state index in [9.17, 15) is 14.4 Å². The molecule has 132 valence electrons.